The molecule has 1 aromatic rings. The van der Waals surface area contributed by atoms with Gasteiger partial charge in [0, 0.05) is 25.8 Å². The number of ether oxygens (including phenoxy) is 1. The molecule has 0 amide bonds. The number of nitrogens with one attached hydrogen (secondary N) is 1. The molecule has 0 saturated carbocycles. The third-order valence-electron chi connectivity index (χ3n) is 2.58. The molecule has 1 rings (SSSR count). The van der Waals surface area contributed by atoms with E-state index < -0.39 is 0 Å². The van der Waals surface area contributed by atoms with Gasteiger partial charge in [0.05, 0.1) is 12.3 Å². The van der Waals surface area contributed by atoms with Gasteiger partial charge in [-0.3, -0.25) is 4.68 Å². The Kier molecular flexibility index (Phi) is 5.32. The monoisotopic (exact) mass is 225 g/mol. The van der Waals surface area contributed by atoms with Crippen molar-refractivity contribution < 1.29 is 4.74 Å². The van der Waals surface area contributed by atoms with Crippen molar-refractivity contribution in [3.63, 3.8) is 0 Å². The molecule has 1 aromatic heterocycles. The Morgan fingerprint density at radius 3 is 2.75 bits per heavy atom. The highest BCUT2D eigenvalue weighted by molar-refractivity contribution is 5.47. The molecular formula is C12H23N3O. The topological polar surface area (TPSA) is 39.1 Å². The zero-order valence-electron chi connectivity index (χ0n) is 10.8. The summed E-state index contributed by atoms with van der Waals surface area (Å²) in [6.07, 6.45) is 2.29. The van der Waals surface area contributed by atoms with E-state index in [1.165, 1.54) is 12.0 Å². The summed E-state index contributed by atoms with van der Waals surface area (Å²) in [6, 6.07) is 0. The highest BCUT2D eigenvalue weighted by atomic mass is 16.5. The van der Waals surface area contributed by atoms with Crippen molar-refractivity contribution in [1.82, 2.24) is 9.78 Å². The Morgan fingerprint density at radius 1 is 1.38 bits per heavy atom. The van der Waals surface area contributed by atoms with Gasteiger partial charge < -0.3 is 10.1 Å². The maximum Gasteiger partial charge on any atom is 0.129 e. The maximum absolute atomic E-state index is 5.65. The Balaban J connectivity index is 2.62. The molecule has 1 N–H and O–H groups in total. The summed E-state index contributed by atoms with van der Waals surface area (Å²) in [4.78, 5) is 0. The molecule has 0 fully saturated rings. The van der Waals surface area contributed by atoms with Crippen LogP contribution in [0.3, 0.4) is 0 Å². The van der Waals surface area contributed by atoms with Crippen molar-refractivity contribution in [2.45, 2.75) is 40.2 Å². The number of nitrogens with zero attached hydrogens (tertiary/aromatic N) is 2. The predicted octanol–water partition coefficient (Wildman–Crippen LogP) is 2.48. The normalized spacial score (nSPS) is 10.8. The fourth-order valence-electron chi connectivity index (χ4n) is 1.68. The van der Waals surface area contributed by atoms with Crippen molar-refractivity contribution in [3.05, 3.63) is 11.3 Å². The second-order valence-electron chi connectivity index (χ2n) is 3.97. The highest BCUT2D eigenvalue weighted by Gasteiger charge is 2.12. The fourth-order valence-corrected chi connectivity index (χ4v) is 1.68. The molecule has 0 saturated heterocycles. The van der Waals surface area contributed by atoms with Crippen LogP contribution in [0.15, 0.2) is 0 Å². The first kappa shape index (κ1) is 13.0. The van der Waals surface area contributed by atoms with E-state index in [1.807, 2.05) is 18.7 Å². The lowest BCUT2D eigenvalue weighted by Crippen LogP contribution is -2.06. The molecule has 4 heteroatoms. The minimum atomic E-state index is 0.655. The summed E-state index contributed by atoms with van der Waals surface area (Å²) in [6.45, 7) is 8.67. The van der Waals surface area contributed by atoms with Crippen molar-refractivity contribution in [2.24, 2.45) is 7.05 Å². The summed E-state index contributed by atoms with van der Waals surface area (Å²) < 4.78 is 7.53. The van der Waals surface area contributed by atoms with Crippen molar-refractivity contribution in [3.8, 4) is 0 Å². The highest BCUT2D eigenvalue weighted by Crippen LogP contribution is 2.19. The smallest absolute Gasteiger partial charge is 0.129 e. The van der Waals surface area contributed by atoms with Crippen LogP contribution in [0.2, 0.25) is 0 Å². The SMILES string of the molecule is CCCCOCc1c(C)nn(C)c1NCC. The third kappa shape index (κ3) is 3.23. The molecule has 0 aliphatic rings. The van der Waals surface area contributed by atoms with Crippen molar-refractivity contribution >= 4 is 5.82 Å². The van der Waals surface area contributed by atoms with E-state index in [2.05, 4.69) is 24.3 Å². The van der Waals surface area contributed by atoms with E-state index in [0.29, 0.717) is 6.61 Å². The largest absolute Gasteiger partial charge is 0.377 e. The van der Waals surface area contributed by atoms with E-state index in [0.717, 1.165) is 31.1 Å². The van der Waals surface area contributed by atoms with Gasteiger partial charge in [-0.05, 0) is 20.3 Å². The Bertz CT molecular complexity index is 320. The number of aryl methyl sites for hydroxylation is 2. The molecule has 0 aromatic carbocycles. The van der Waals surface area contributed by atoms with Gasteiger partial charge in [0.1, 0.15) is 5.82 Å². The lowest BCUT2D eigenvalue weighted by Gasteiger charge is -2.08. The summed E-state index contributed by atoms with van der Waals surface area (Å²) >= 11 is 0. The van der Waals surface area contributed by atoms with Crippen LogP contribution in [0.1, 0.15) is 37.9 Å². The van der Waals surface area contributed by atoms with Gasteiger partial charge in [0.15, 0.2) is 0 Å². The van der Waals surface area contributed by atoms with Gasteiger partial charge in [-0.25, -0.2) is 0 Å². The molecule has 1 heterocycles. The zero-order chi connectivity index (χ0) is 12.0. The van der Waals surface area contributed by atoms with Crippen LogP contribution < -0.4 is 5.32 Å². The molecule has 0 unspecified atom stereocenters. The quantitative estimate of drug-likeness (QED) is 0.725. The number of rotatable bonds is 7. The summed E-state index contributed by atoms with van der Waals surface area (Å²) in [7, 11) is 1.96. The van der Waals surface area contributed by atoms with Gasteiger partial charge in [0.2, 0.25) is 0 Å². The lowest BCUT2D eigenvalue weighted by atomic mass is 10.2. The van der Waals surface area contributed by atoms with Crippen LogP contribution in [0.25, 0.3) is 0 Å². The third-order valence-corrected chi connectivity index (χ3v) is 2.58. The van der Waals surface area contributed by atoms with Crippen LogP contribution in [-0.4, -0.2) is 22.9 Å². The average molecular weight is 225 g/mol. The van der Waals surface area contributed by atoms with E-state index in [-0.39, 0.29) is 0 Å². The van der Waals surface area contributed by atoms with Gasteiger partial charge in [0.25, 0.3) is 0 Å². The first-order chi connectivity index (χ1) is 7.70. The van der Waals surface area contributed by atoms with Crippen molar-refractivity contribution in [1.29, 1.82) is 0 Å². The molecule has 0 aliphatic heterocycles. The van der Waals surface area contributed by atoms with Gasteiger partial charge in [-0.1, -0.05) is 13.3 Å². The predicted molar refractivity (Wildman–Crippen MR) is 66.7 cm³/mol. The van der Waals surface area contributed by atoms with Crippen LogP contribution >= 0.6 is 0 Å². The Hall–Kier alpha value is -1.03. The minimum absolute atomic E-state index is 0.655. The van der Waals surface area contributed by atoms with Gasteiger partial charge in [-0.15, -0.1) is 0 Å². The molecule has 92 valence electrons. The molecule has 4 nitrogen and oxygen atoms in total. The molecule has 0 radical (unpaired) electrons. The number of aromatic nitrogens is 2. The number of unbranched alkanes of at least 4 members (excludes halogenated alkanes) is 1. The average Bonchev–Trinajstić information content (AvgIpc) is 2.51. The molecular weight excluding hydrogens is 202 g/mol. The van der Waals surface area contributed by atoms with Crippen molar-refractivity contribution in [2.75, 3.05) is 18.5 Å². The fraction of sp³-hybridized carbons (Fsp3) is 0.750. The van der Waals surface area contributed by atoms with Crippen LogP contribution in [-0.2, 0) is 18.4 Å². The first-order valence-electron chi connectivity index (χ1n) is 6.04. The second kappa shape index (κ2) is 6.53. The molecule has 0 aliphatic carbocycles. The molecule has 0 atom stereocenters. The van der Waals surface area contributed by atoms with Crippen LogP contribution in [0.4, 0.5) is 5.82 Å². The van der Waals surface area contributed by atoms with Gasteiger partial charge in [-0.2, -0.15) is 5.10 Å². The van der Waals surface area contributed by atoms with E-state index >= 15 is 0 Å². The standard InChI is InChI=1S/C12H23N3O/c1-5-7-8-16-9-11-10(3)14-15(4)12(11)13-6-2/h13H,5-9H2,1-4H3. The van der Waals surface area contributed by atoms with Crippen LogP contribution in [0, 0.1) is 6.92 Å². The number of hydrogen-bond donors (Lipinski definition) is 1. The van der Waals surface area contributed by atoms with Gasteiger partial charge >= 0.3 is 0 Å². The maximum atomic E-state index is 5.65. The summed E-state index contributed by atoms with van der Waals surface area (Å²) in [5.74, 6) is 1.08. The minimum Gasteiger partial charge on any atom is -0.377 e. The first-order valence-corrected chi connectivity index (χ1v) is 6.04. The number of anilines is 1. The second-order valence-corrected chi connectivity index (χ2v) is 3.97. The zero-order valence-corrected chi connectivity index (χ0v) is 10.8. The molecule has 0 bridgehead atoms. The van der Waals surface area contributed by atoms with E-state index in [4.69, 9.17) is 4.74 Å². The van der Waals surface area contributed by atoms with E-state index in [9.17, 15) is 0 Å². The Labute approximate surface area is 98.0 Å². The number of hydrogen-bond acceptors (Lipinski definition) is 3. The molecule has 16 heavy (non-hydrogen) atoms. The lowest BCUT2D eigenvalue weighted by molar-refractivity contribution is 0.118. The van der Waals surface area contributed by atoms with E-state index in [1.54, 1.807) is 0 Å². The summed E-state index contributed by atoms with van der Waals surface area (Å²) in [5.41, 5.74) is 2.23. The summed E-state index contributed by atoms with van der Waals surface area (Å²) in [5, 5.41) is 7.73. The molecule has 0 spiro atoms. The Morgan fingerprint density at radius 2 is 2.12 bits per heavy atom. The van der Waals surface area contributed by atoms with Crippen LogP contribution in [0.5, 0.6) is 0 Å².